The van der Waals surface area contributed by atoms with Gasteiger partial charge in [0, 0.05) is 13.6 Å². The number of aliphatic imine (C=N–C) groups is 1. The lowest BCUT2D eigenvalue weighted by molar-refractivity contribution is 0.354. The van der Waals surface area contributed by atoms with E-state index in [-0.39, 0.29) is 11.9 Å². The van der Waals surface area contributed by atoms with Gasteiger partial charge in [0.25, 0.3) is 0 Å². The third-order valence-corrected chi connectivity index (χ3v) is 4.18. The van der Waals surface area contributed by atoms with Crippen molar-refractivity contribution in [3.05, 3.63) is 58.9 Å². The minimum absolute atomic E-state index is 0.0818. The lowest BCUT2D eigenvalue weighted by Crippen LogP contribution is -2.38. The van der Waals surface area contributed by atoms with E-state index in [9.17, 15) is 4.39 Å². The second-order valence-electron chi connectivity index (χ2n) is 5.99. The van der Waals surface area contributed by atoms with Gasteiger partial charge in [-0.3, -0.25) is 4.99 Å². The molecule has 0 heterocycles. The number of nitrogens with zero attached hydrogens (tertiary/aromatic N) is 1. The van der Waals surface area contributed by atoms with Crippen LogP contribution in [-0.2, 0) is 6.54 Å². The van der Waals surface area contributed by atoms with E-state index >= 15 is 0 Å². The molecule has 0 bridgehead atoms. The van der Waals surface area contributed by atoms with Gasteiger partial charge in [-0.25, -0.2) is 4.39 Å². The molecule has 0 saturated carbocycles. The largest absolute Gasteiger partial charge is 0.493 e. The molecule has 0 fully saturated rings. The summed E-state index contributed by atoms with van der Waals surface area (Å²) in [5.74, 6) is 1.80. The maximum atomic E-state index is 13.8. The summed E-state index contributed by atoms with van der Waals surface area (Å²) >= 11 is 0. The molecule has 0 radical (unpaired) electrons. The first kappa shape index (κ1) is 19.6. The van der Waals surface area contributed by atoms with Gasteiger partial charge in [-0.05, 0) is 48.7 Å². The molecular weight excluding hydrogens is 333 g/mol. The van der Waals surface area contributed by atoms with E-state index in [1.165, 1.54) is 0 Å². The Kier molecular flexibility index (Phi) is 6.83. The third-order valence-electron chi connectivity index (χ3n) is 4.18. The maximum Gasteiger partial charge on any atom is 0.191 e. The predicted octanol–water partition coefficient (Wildman–Crippen LogP) is 3.58. The van der Waals surface area contributed by atoms with Crippen LogP contribution in [0.1, 0.15) is 29.7 Å². The lowest BCUT2D eigenvalue weighted by Gasteiger charge is -2.19. The molecule has 2 N–H and O–H groups in total. The minimum atomic E-state index is -0.204. The van der Waals surface area contributed by atoms with Gasteiger partial charge in [0.15, 0.2) is 17.5 Å². The van der Waals surface area contributed by atoms with Gasteiger partial charge in [-0.1, -0.05) is 18.2 Å². The summed E-state index contributed by atoms with van der Waals surface area (Å²) < 4.78 is 24.3. The van der Waals surface area contributed by atoms with Crippen LogP contribution in [-0.4, -0.2) is 27.2 Å². The highest BCUT2D eigenvalue weighted by Gasteiger charge is 2.10. The Morgan fingerprint density at radius 1 is 1.12 bits per heavy atom. The van der Waals surface area contributed by atoms with Crippen LogP contribution in [0.15, 0.2) is 41.4 Å². The number of nitrogens with one attached hydrogen (secondary N) is 2. The molecule has 0 aliphatic rings. The summed E-state index contributed by atoms with van der Waals surface area (Å²) in [6, 6.07) is 10.9. The molecule has 140 valence electrons. The van der Waals surface area contributed by atoms with Gasteiger partial charge in [0.2, 0.25) is 0 Å². The molecule has 0 aliphatic heterocycles. The molecule has 1 atom stereocenters. The zero-order valence-corrected chi connectivity index (χ0v) is 15.9. The van der Waals surface area contributed by atoms with Gasteiger partial charge < -0.3 is 20.1 Å². The van der Waals surface area contributed by atoms with Crippen molar-refractivity contribution < 1.29 is 13.9 Å². The van der Waals surface area contributed by atoms with Crippen molar-refractivity contribution in [1.29, 1.82) is 0 Å². The van der Waals surface area contributed by atoms with Crippen molar-refractivity contribution in [3.8, 4) is 11.5 Å². The fourth-order valence-corrected chi connectivity index (χ4v) is 2.54. The quantitative estimate of drug-likeness (QED) is 0.611. The topological polar surface area (TPSA) is 54.9 Å². The average molecular weight is 359 g/mol. The smallest absolute Gasteiger partial charge is 0.191 e. The zero-order chi connectivity index (χ0) is 19.1. The maximum absolute atomic E-state index is 13.8. The molecule has 6 heteroatoms. The van der Waals surface area contributed by atoms with Crippen molar-refractivity contribution in [3.63, 3.8) is 0 Å². The summed E-state index contributed by atoms with van der Waals surface area (Å²) in [7, 11) is 4.92. The number of methoxy groups -OCH3 is 2. The monoisotopic (exact) mass is 359 g/mol. The molecule has 2 aromatic rings. The third kappa shape index (κ3) is 4.88. The van der Waals surface area contributed by atoms with Crippen LogP contribution < -0.4 is 20.1 Å². The summed E-state index contributed by atoms with van der Waals surface area (Å²) in [5, 5.41) is 6.52. The van der Waals surface area contributed by atoms with Gasteiger partial charge >= 0.3 is 0 Å². The van der Waals surface area contributed by atoms with Crippen LogP contribution >= 0.6 is 0 Å². The summed E-state index contributed by atoms with van der Waals surface area (Å²) in [4.78, 5) is 4.23. The van der Waals surface area contributed by atoms with E-state index in [1.807, 2.05) is 31.2 Å². The lowest BCUT2D eigenvalue weighted by atomic mass is 10.1. The Balaban J connectivity index is 2.00. The first-order valence-corrected chi connectivity index (χ1v) is 8.42. The number of guanidine groups is 1. The number of ether oxygens (including phenoxy) is 2. The number of rotatable bonds is 6. The molecule has 2 rings (SSSR count). The zero-order valence-electron chi connectivity index (χ0n) is 15.9. The first-order valence-electron chi connectivity index (χ1n) is 8.42. The fraction of sp³-hybridized carbons (Fsp3) is 0.350. The molecule has 0 spiro atoms. The summed E-state index contributed by atoms with van der Waals surface area (Å²) in [6.45, 7) is 4.28. The van der Waals surface area contributed by atoms with Crippen LogP contribution in [0.3, 0.4) is 0 Å². The predicted molar refractivity (Wildman–Crippen MR) is 102 cm³/mol. The number of hydrogen-bond donors (Lipinski definition) is 2. The molecule has 0 aliphatic carbocycles. The number of hydrogen-bond acceptors (Lipinski definition) is 3. The van der Waals surface area contributed by atoms with Crippen LogP contribution in [0.25, 0.3) is 0 Å². The van der Waals surface area contributed by atoms with E-state index in [2.05, 4.69) is 15.6 Å². The highest BCUT2D eigenvalue weighted by atomic mass is 19.1. The van der Waals surface area contributed by atoms with Crippen molar-refractivity contribution in [2.75, 3.05) is 21.3 Å². The molecule has 0 saturated heterocycles. The Morgan fingerprint density at radius 2 is 1.85 bits per heavy atom. The molecule has 1 unspecified atom stereocenters. The highest BCUT2D eigenvalue weighted by molar-refractivity contribution is 5.80. The summed E-state index contributed by atoms with van der Waals surface area (Å²) in [5.41, 5.74) is 2.53. The van der Waals surface area contributed by atoms with Crippen molar-refractivity contribution >= 4 is 5.96 Å². The van der Waals surface area contributed by atoms with Crippen LogP contribution in [0, 0.1) is 12.7 Å². The standard InChI is InChI=1S/C20H26FN3O2/c1-13-6-8-16(11-17(13)21)14(2)24-20(22-3)23-12-15-7-9-18(25-4)19(10-15)26-5/h6-11,14H,12H2,1-5H3,(H2,22,23,24). The number of aryl methyl sites for hydroxylation is 1. The van der Waals surface area contributed by atoms with Crippen LogP contribution in [0.4, 0.5) is 4.39 Å². The highest BCUT2D eigenvalue weighted by Crippen LogP contribution is 2.27. The van der Waals surface area contributed by atoms with Gasteiger partial charge in [0.05, 0.1) is 20.3 Å². The molecule has 0 amide bonds. The second kappa shape index (κ2) is 9.08. The second-order valence-corrected chi connectivity index (χ2v) is 5.99. The van der Waals surface area contributed by atoms with Crippen LogP contribution in [0.5, 0.6) is 11.5 Å². The van der Waals surface area contributed by atoms with Gasteiger partial charge in [0.1, 0.15) is 5.82 Å². The van der Waals surface area contributed by atoms with Crippen molar-refractivity contribution in [2.45, 2.75) is 26.4 Å². The number of halogens is 1. The number of benzene rings is 2. The fourth-order valence-electron chi connectivity index (χ4n) is 2.54. The van der Waals surface area contributed by atoms with Gasteiger partial charge in [-0.2, -0.15) is 0 Å². The molecule has 2 aromatic carbocycles. The SMILES string of the molecule is CN=C(NCc1ccc(OC)c(OC)c1)NC(C)c1ccc(C)c(F)c1. The van der Waals surface area contributed by atoms with Crippen LogP contribution in [0.2, 0.25) is 0 Å². The van der Waals surface area contributed by atoms with E-state index in [1.54, 1.807) is 40.3 Å². The molecular formula is C20H26FN3O2. The van der Waals surface area contributed by atoms with Crippen molar-refractivity contribution in [2.24, 2.45) is 4.99 Å². The average Bonchev–Trinajstić information content (AvgIpc) is 2.66. The van der Waals surface area contributed by atoms with E-state index in [0.29, 0.717) is 29.6 Å². The summed E-state index contributed by atoms with van der Waals surface area (Å²) in [6.07, 6.45) is 0. The molecule has 26 heavy (non-hydrogen) atoms. The Bertz CT molecular complexity index is 778. The minimum Gasteiger partial charge on any atom is -0.493 e. The first-order chi connectivity index (χ1) is 12.5. The van der Waals surface area contributed by atoms with E-state index in [4.69, 9.17) is 9.47 Å². The Morgan fingerprint density at radius 3 is 2.46 bits per heavy atom. The van der Waals surface area contributed by atoms with Crippen molar-refractivity contribution in [1.82, 2.24) is 10.6 Å². The van der Waals surface area contributed by atoms with Gasteiger partial charge in [-0.15, -0.1) is 0 Å². The Labute approximate surface area is 154 Å². The molecule has 0 aromatic heterocycles. The van der Waals surface area contributed by atoms with E-state index in [0.717, 1.165) is 11.1 Å². The molecule has 5 nitrogen and oxygen atoms in total. The normalized spacial score (nSPS) is 12.5. The Hall–Kier alpha value is -2.76. The van der Waals surface area contributed by atoms with E-state index < -0.39 is 0 Å².